The summed E-state index contributed by atoms with van der Waals surface area (Å²) in [4.78, 5) is 0. The number of hydrogen-bond acceptors (Lipinski definition) is 1. The molecule has 0 radical (unpaired) electrons. The van der Waals surface area contributed by atoms with Gasteiger partial charge in [0.05, 0.1) is 12.7 Å². The highest BCUT2D eigenvalue weighted by atomic mass is 19.3. The summed E-state index contributed by atoms with van der Waals surface area (Å²) in [5.41, 5.74) is 0. The lowest BCUT2D eigenvalue weighted by Gasteiger charge is -2.33. The molecule has 2 aliphatic rings. The summed E-state index contributed by atoms with van der Waals surface area (Å²) in [6.07, 6.45) is 0.291. The Morgan fingerprint density at radius 3 is 2.22 bits per heavy atom. The first-order chi connectivity index (χ1) is 4.17. The quantitative estimate of drug-likeness (QED) is 0.494. The lowest BCUT2D eigenvalue weighted by molar-refractivity contribution is -0.116. The Hall–Kier alpha value is -0.180. The molecule has 9 heavy (non-hydrogen) atoms. The molecule has 2 rings (SSSR count). The molecule has 1 heterocycles. The first kappa shape index (κ1) is 5.59. The fraction of sp³-hybridized carbons (Fsp3) is 1.00. The van der Waals surface area contributed by atoms with Crippen LogP contribution in [0, 0.1) is 5.92 Å². The first-order valence-electron chi connectivity index (χ1n) is 3.17. The maximum Gasteiger partial charge on any atom is 0.248 e. The molecule has 2 fully saturated rings. The third-order valence-electron chi connectivity index (χ3n) is 2.01. The van der Waals surface area contributed by atoms with E-state index in [-0.39, 0.29) is 24.9 Å². The molecular weight excluding hydrogens is 126 g/mol. The van der Waals surface area contributed by atoms with Crippen LogP contribution < -0.4 is 0 Å². The van der Waals surface area contributed by atoms with Gasteiger partial charge in [0.2, 0.25) is 5.92 Å². The molecule has 0 amide bonds. The van der Waals surface area contributed by atoms with Crippen LogP contribution in [0.5, 0.6) is 0 Å². The number of epoxide rings is 1. The maximum atomic E-state index is 12.1. The van der Waals surface area contributed by atoms with Crippen molar-refractivity contribution >= 4 is 0 Å². The molecule has 1 aliphatic carbocycles. The standard InChI is InChI=1S/C6H8F2O/c7-6(8)1-4(2-6)5-3-9-5/h4-5H,1-3H2/t5-/m0/s1. The highest BCUT2D eigenvalue weighted by molar-refractivity contribution is 4.94. The van der Waals surface area contributed by atoms with Crippen molar-refractivity contribution < 1.29 is 13.5 Å². The molecule has 0 aromatic carbocycles. The molecule has 1 saturated carbocycles. The molecule has 1 aliphatic heterocycles. The van der Waals surface area contributed by atoms with Crippen LogP contribution in [0.4, 0.5) is 8.78 Å². The number of rotatable bonds is 1. The van der Waals surface area contributed by atoms with Crippen molar-refractivity contribution in [2.24, 2.45) is 5.92 Å². The molecule has 0 bridgehead atoms. The molecular formula is C6H8F2O. The maximum absolute atomic E-state index is 12.1. The average Bonchev–Trinajstić information content (AvgIpc) is 2.37. The molecule has 0 spiro atoms. The Morgan fingerprint density at radius 2 is 1.89 bits per heavy atom. The summed E-state index contributed by atoms with van der Waals surface area (Å²) in [5.74, 6) is -2.20. The van der Waals surface area contributed by atoms with E-state index in [4.69, 9.17) is 4.74 Å². The van der Waals surface area contributed by atoms with Gasteiger partial charge in [-0.15, -0.1) is 0 Å². The van der Waals surface area contributed by atoms with Crippen molar-refractivity contribution in [1.82, 2.24) is 0 Å². The number of ether oxygens (including phenoxy) is 1. The zero-order chi connectivity index (χ0) is 6.48. The van der Waals surface area contributed by atoms with Crippen LogP contribution in [0.15, 0.2) is 0 Å². The number of alkyl halides is 2. The summed E-state index contributed by atoms with van der Waals surface area (Å²) in [7, 11) is 0. The minimum Gasteiger partial charge on any atom is -0.373 e. The lowest BCUT2D eigenvalue weighted by Crippen LogP contribution is -2.38. The van der Waals surface area contributed by atoms with E-state index in [1.54, 1.807) is 0 Å². The van der Waals surface area contributed by atoms with Crippen LogP contribution in [0.25, 0.3) is 0 Å². The monoisotopic (exact) mass is 134 g/mol. The van der Waals surface area contributed by atoms with Gasteiger partial charge < -0.3 is 4.74 Å². The topological polar surface area (TPSA) is 12.5 Å². The predicted molar refractivity (Wildman–Crippen MR) is 27.4 cm³/mol. The molecule has 0 aromatic rings. The van der Waals surface area contributed by atoms with Crippen LogP contribution in [-0.2, 0) is 4.74 Å². The van der Waals surface area contributed by atoms with Crippen molar-refractivity contribution in [2.45, 2.75) is 24.9 Å². The zero-order valence-corrected chi connectivity index (χ0v) is 4.94. The van der Waals surface area contributed by atoms with Gasteiger partial charge in [-0.25, -0.2) is 8.78 Å². The fourth-order valence-corrected chi connectivity index (χ4v) is 1.30. The Labute approximate surface area is 52.0 Å². The minimum absolute atomic E-state index is 0.0532. The van der Waals surface area contributed by atoms with Crippen LogP contribution in [0.1, 0.15) is 12.8 Å². The zero-order valence-electron chi connectivity index (χ0n) is 4.94. The van der Waals surface area contributed by atoms with Crippen LogP contribution in [-0.4, -0.2) is 18.6 Å². The molecule has 0 unspecified atom stereocenters. The van der Waals surface area contributed by atoms with Gasteiger partial charge in [0.25, 0.3) is 0 Å². The van der Waals surface area contributed by atoms with Gasteiger partial charge in [-0.3, -0.25) is 0 Å². The van der Waals surface area contributed by atoms with Gasteiger partial charge in [-0.05, 0) is 5.92 Å². The van der Waals surface area contributed by atoms with E-state index in [1.165, 1.54) is 0 Å². The van der Waals surface area contributed by atoms with E-state index in [0.29, 0.717) is 6.61 Å². The van der Waals surface area contributed by atoms with Gasteiger partial charge in [-0.2, -0.15) is 0 Å². The molecule has 0 N–H and O–H groups in total. The fourth-order valence-electron chi connectivity index (χ4n) is 1.30. The second-order valence-corrected chi connectivity index (χ2v) is 2.90. The van der Waals surface area contributed by atoms with Crippen molar-refractivity contribution in [3.05, 3.63) is 0 Å². The van der Waals surface area contributed by atoms with Crippen molar-refractivity contribution in [2.75, 3.05) is 6.61 Å². The van der Waals surface area contributed by atoms with Gasteiger partial charge >= 0.3 is 0 Å². The average molecular weight is 134 g/mol. The van der Waals surface area contributed by atoms with E-state index in [0.717, 1.165) is 0 Å². The highest BCUT2D eigenvalue weighted by Gasteiger charge is 2.52. The summed E-state index contributed by atoms with van der Waals surface area (Å²) >= 11 is 0. The lowest BCUT2D eigenvalue weighted by atomic mass is 9.79. The van der Waals surface area contributed by atoms with E-state index in [2.05, 4.69) is 0 Å². The minimum atomic E-state index is -2.36. The van der Waals surface area contributed by atoms with E-state index >= 15 is 0 Å². The Kier molecular flexibility index (Phi) is 0.903. The van der Waals surface area contributed by atoms with E-state index in [1.807, 2.05) is 0 Å². The third kappa shape index (κ3) is 0.936. The Balaban J connectivity index is 1.83. The van der Waals surface area contributed by atoms with E-state index in [9.17, 15) is 8.78 Å². The largest absolute Gasteiger partial charge is 0.373 e. The van der Waals surface area contributed by atoms with Crippen LogP contribution in [0.2, 0.25) is 0 Å². The predicted octanol–water partition coefficient (Wildman–Crippen LogP) is 1.43. The molecule has 1 nitrogen and oxygen atoms in total. The second-order valence-electron chi connectivity index (χ2n) is 2.90. The molecule has 52 valence electrons. The normalized spacial score (nSPS) is 40.0. The second kappa shape index (κ2) is 1.45. The molecule has 1 atom stereocenters. The summed E-state index contributed by atoms with van der Waals surface area (Å²) in [5, 5.41) is 0. The smallest absolute Gasteiger partial charge is 0.248 e. The van der Waals surface area contributed by atoms with Gasteiger partial charge in [0.15, 0.2) is 0 Å². The number of halogens is 2. The van der Waals surface area contributed by atoms with Gasteiger partial charge in [0.1, 0.15) is 0 Å². The molecule has 3 heteroatoms. The van der Waals surface area contributed by atoms with Gasteiger partial charge in [0, 0.05) is 12.8 Å². The van der Waals surface area contributed by atoms with Gasteiger partial charge in [-0.1, -0.05) is 0 Å². The molecule has 1 saturated heterocycles. The van der Waals surface area contributed by atoms with Crippen molar-refractivity contribution in [3.8, 4) is 0 Å². The highest BCUT2D eigenvalue weighted by Crippen LogP contribution is 2.47. The number of hydrogen-bond donors (Lipinski definition) is 0. The summed E-state index contributed by atoms with van der Waals surface area (Å²) in [6.45, 7) is 0.709. The van der Waals surface area contributed by atoms with E-state index < -0.39 is 5.92 Å². The third-order valence-corrected chi connectivity index (χ3v) is 2.01. The van der Waals surface area contributed by atoms with Crippen molar-refractivity contribution in [3.63, 3.8) is 0 Å². The summed E-state index contributed by atoms with van der Waals surface area (Å²) in [6, 6.07) is 0. The SMILES string of the molecule is FC1(F)CC([C@@H]2CO2)C1. The van der Waals surface area contributed by atoms with Crippen molar-refractivity contribution in [1.29, 1.82) is 0 Å². The van der Waals surface area contributed by atoms with Crippen LogP contribution >= 0.6 is 0 Å². The van der Waals surface area contributed by atoms with Crippen LogP contribution in [0.3, 0.4) is 0 Å². The Bertz CT molecular complexity index is 123. The first-order valence-corrected chi connectivity index (χ1v) is 3.17. The molecule has 0 aromatic heterocycles. The summed E-state index contributed by atoms with van der Waals surface area (Å²) < 4.78 is 29.1. The Morgan fingerprint density at radius 1 is 1.33 bits per heavy atom.